The molecule has 0 aromatic carbocycles. The van der Waals surface area contributed by atoms with Crippen LogP contribution in [0.15, 0.2) is 0 Å². The van der Waals surface area contributed by atoms with Crippen LogP contribution in [0.25, 0.3) is 0 Å². The minimum absolute atomic E-state index is 0.811. The maximum atomic E-state index is 3.71. The monoisotopic (exact) mass is 224 g/mol. The highest BCUT2D eigenvalue weighted by molar-refractivity contribution is 4.73. The second-order valence-corrected chi connectivity index (χ2v) is 5.54. The zero-order chi connectivity index (χ0) is 11.1. The van der Waals surface area contributed by atoms with Crippen LogP contribution in [0.1, 0.15) is 57.8 Å². The Hall–Kier alpha value is -0.0800. The largest absolute Gasteiger partial charge is 0.314 e. The van der Waals surface area contributed by atoms with Gasteiger partial charge in [-0.3, -0.25) is 0 Å². The summed E-state index contributed by atoms with van der Waals surface area (Å²) in [5.41, 5.74) is 0. The van der Waals surface area contributed by atoms with E-state index >= 15 is 0 Å². The second-order valence-electron chi connectivity index (χ2n) is 5.54. The summed E-state index contributed by atoms with van der Waals surface area (Å²) in [5, 5.41) is 3.71. The van der Waals surface area contributed by atoms with Gasteiger partial charge in [0.15, 0.2) is 0 Å². The molecule has 0 aliphatic carbocycles. The lowest BCUT2D eigenvalue weighted by Crippen LogP contribution is -2.34. The van der Waals surface area contributed by atoms with Gasteiger partial charge in [0.2, 0.25) is 0 Å². The quantitative estimate of drug-likeness (QED) is 0.793. The van der Waals surface area contributed by atoms with Crippen molar-refractivity contribution in [1.29, 1.82) is 0 Å². The van der Waals surface area contributed by atoms with Crippen molar-refractivity contribution in [2.24, 2.45) is 0 Å². The van der Waals surface area contributed by atoms with Crippen LogP contribution in [0.2, 0.25) is 0 Å². The zero-order valence-corrected chi connectivity index (χ0v) is 10.7. The fourth-order valence-corrected chi connectivity index (χ4v) is 3.05. The molecule has 2 nitrogen and oxygen atoms in total. The number of hydrogen-bond donors (Lipinski definition) is 1. The van der Waals surface area contributed by atoms with Gasteiger partial charge in [-0.1, -0.05) is 25.7 Å². The van der Waals surface area contributed by atoms with Gasteiger partial charge in [0, 0.05) is 6.04 Å². The predicted molar refractivity (Wildman–Crippen MR) is 69.8 cm³/mol. The third-order valence-electron chi connectivity index (χ3n) is 4.15. The summed E-state index contributed by atoms with van der Waals surface area (Å²) in [6.45, 7) is 5.29. The normalized spacial score (nSPS) is 29.6. The highest BCUT2D eigenvalue weighted by Crippen LogP contribution is 2.14. The lowest BCUT2D eigenvalue weighted by molar-refractivity contribution is 0.264. The van der Waals surface area contributed by atoms with Crippen molar-refractivity contribution in [3.63, 3.8) is 0 Å². The topological polar surface area (TPSA) is 15.3 Å². The Kier molecular flexibility index (Phi) is 5.64. The van der Waals surface area contributed by atoms with Gasteiger partial charge in [0.25, 0.3) is 0 Å². The summed E-state index contributed by atoms with van der Waals surface area (Å²) in [5.74, 6) is 0. The van der Waals surface area contributed by atoms with Gasteiger partial charge in [-0.15, -0.1) is 0 Å². The summed E-state index contributed by atoms with van der Waals surface area (Å²) in [6, 6.07) is 0.811. The van der Waals surface area contributed by atoms with Crippen molar-refractivity contribution >= 4 is 0 Å². The first-order chi connectivity index (χ1) is 7.95. The molecule has 0 saturated carbocycles. The first kappa shape index (κ1) is 12.4. The molecule has 2 aliphatic heterocycles. The molecule has 1 atom stereocenters. The standard InChI is InChI=1S/C14H28N2/c1-2-7-12-16(11-6-1)13-9-14-8-4-3-5-10-15-14/h14-15H,1-13H2. The summed E-state index contributed by atoms with van der Waals surface area (Å²) in [4.78, 5) is 2.69. The Morgan fingerprint density at radius 3 is 2.44 bits per heavy atom. The number of nitrogens with zero attached hydrogens (tertiary/aromatic N) is 1. The molecule has 0 radical (unpaired) electrons. The molecular formula is C14H28N2. The van der Waals surface area contributed by atoms with Crippen molar-refractivity contribution in [3.8, 4) is 0 Å². The average Bonchev–Trinajstić information content (AvgIpc) is 2.71. The molecule has 2 fully saturated rings. The molecule has 2 aliphatic rings. The van der Waals surface area contributed by atoms with Crippen molar-refractivity contribution in [1.82, 2.24) is 10.2 Å². The maximum Gasteiger partial charge on any atom is 0.00792 e. The third-order valence-corrected chi connectivity index (χ3v) is 4.15. The highest BCUT2D eigenvalue weighted by Gasteiger charge is 2.14. The molecule has 2 heterocycles. The van der Waals surface area contributed by atoms with Crippen molar-refractivity contribution < 1.29 is 0 Å². The van der Waals surface area contributed by atoms with E-state index in [1.807, 2.05) is 0 Å². The van der Waals surface area contributed by atoms with Crippen LogP contribution in [-0.2, 0) is 0 Å². The Morgan fingerprint density at radius 1 is 0.875 bits per heavy atom. The molecule has 2 rings (SSSR count). The van der Waals surface area contributed by atoms with E-state index in [0.717, 1.165) is 6.04 Å². The van der Waals surface area contributed by atoms with E-state index in [9.17, 15) is 0 Å². The van der Waals surface area contributed by atoms with Gasteiger partial charge in [-0.05, 0) is 58.3 Å². The Bertz CT molecular complexity index is 146. The van der Waals surface area contributed by atoms with Gasteiger partial charge >= 0.3 is 0 Å². The van der Waals surface area contributed by atoms with E-state index in [1.54, 1.807) is 0 Å². The maximum absolute atomic E-state index is 3.71. The van der Waals surface area contributed by atoms with E-state index < -0.39 is 0 Å². The fourth-order valence-electron chi connectivity index (χ4n) is 3.05. The molecule has 1 unspecified atom stereocenters. The molecule has 2 heteroatoms. The predicted octanol–water partition coefficient (Wildman–Crippen LogP) is 2.78. The number of hydrogen-bond acceptors (Lipinski definition) is 2. The van der Waals surface area contributed by atoms with Crippen LogP contribution in [-0.4, -0.2) is 37.1 Å². The number of likely N-dealkylation sites (tertiary alicyclic amines) is 1. The van der Waals surface area contributed by atoms with Gasteiger partial charge < -0.3 is 10.2 Å². The third kappa shape index (κ3) is 4.42. The molecule has 2 saturated heterocycles. The number of rotatable bonds is 3. The molecule has 0 amide bonds. The van der Waals surface area contributed by atoms with Crippen molar-refractivity contribution in [2.45, 2.75) is 63.8 Å². The SMILES string of the molecule is C1CCNC(CCN2CCCCCC2)CC1. The lowest BCUT2D eigenvalue weighted by atomic mass is 10.1. The Morgan fingerprint density at radius 2 is 1.62 bits per heavy atom. The smallest absolute Gasteiger partial charge is 0.00792 e. The van der Waals surface area contributed by atoms with E-state index in [0.29, 0.717) is 0 Å². The Labute approximate surface area is 101 Å². The van der Waals surface area contributed by atoms with Crippen molar-refractivity contribution in [3.05, 3.63) is 0 Å². The molecule has 0 aromatic rings. The minimum atomic E-state index is 0.811. The summed E-state index contributed by atoms with van der Waals surface area (Å²) in [6.07, 6.45) is 12.8. The number of nitrogens with one attached hydrogen (secondary N) is 1. The molecule has 0 aromatic heterocycles. The molecule has 1 N–H and O–H groups in total. The fraction of sp³-hybridized carbons (Fsp3) is 1.00. The van der Waals surface area contributed by atoms with Crippen LogP contribution >= 0.6 is 0 Å². The Balaban J connectivity index is 1.64. The summed E-state index contributed by atoms with van der Waals surface area (Å²) in [7, 11) is 0. The highest BCUT2D eigenvalue weighted by atomic mass is 15.1. The van der Waals surface area contributed by atoms with Gasteiger partial charge in [-0.25, -0.2) is 0 Å². The first-order valence-corrected chi connectivity index (χ1v) is 7.41. The van der Waals surface area contributed by atoms with Crippen molar-refractivity contribution in [2.75, 3.05) is 26.2 Å². The summed E-state index contributed by atoms with van der Waals surface area (Å²) >= 11 is 0. The zero-order valence-electron chi connectivity index (χ0n) is 10.7. The second kappa shape index (κ2) is 7.29. The van der Waals surface area contributed by atoms with E-state index in [4.69, 9.17) is 0 Å². The van der Waals surface area contributed by atoms with E-state index in [2.05, 4.69) is 10.2 Å². The van der Waals surface area contributed by atoms with Crippen LogP contribution < -0.4 is 5.32 Å². The van der Waals surface area contributed by atoms with Gasteiger partial charge in [-0.2, -0.15) is 0 Å². The lowest BCUT2D eigenvalue weighted by Gasteiger charge is -2.23. The summed E-state index contributed by atoms with van der Waals surface area (Å²) < 4.78 is 0. The minimum Gasteiger partial charge on any atom is -0.314 e. The molecular weight excluding hydrogens is 196 g/mol. The van der Waals surface area contributed by atoms with E-state index in [-0.39, 0.29) is 0 Å². The molecule has 0 bridgehead atoms. The molecule has 0 spiro atoms. The first-order valence-electron chi connectivity index (χ1n) is 7.41. The van der Waals surface area contributed by atoms with Crippen LogP contribution in [0.4, 0.5) is 0 Å². The molecule has 94 valence electrons. The van der Waals surface area contributed by atoms with Crippen LogP contribution in [0, 0.1) is 0 Å². The average molecular weight is 224 g/mol. The van der Waals surface area contributed by atoms with Crippen LogP contribution in [0.3, 0.4) is 0 Å². The van der Waals surface area contributed by atoms with Gasteiger partial charge in [0.05, 0.1) is 0 Å². The van der Waals surface area contributed by atoms with Crippen LogP contribution in [0.5, 0.6) is 0 Å². The van der Waals surface area contributed by atoms with Gasteiger partial charge in [0.1, 0.15) is 0 Å². The van der Waals surface area contributed by atoms with E-state index in [1.165, 1.54) is 84.0 Å². The molecule has 16 heavy (non-hydrogen) atoms.